The van der Waals surface area contributed by atoms with E-state index in [1.807, 2.05) is 19.1 Å². The molecule has 0 amide bonds. The predicted octanol–water partition coefficient (Wildman–Crippen LogP) is 4.95. The number of rotatable bonds is 6. The van der Waals surface area contributed by atoms with E-state index in [0.717, 1.165) is 17.7 Å². The number of nitrogens with one attached hydrogen (secondary N) is 1. The van der Waals surface area contributed by atoms with Crippen LogP contribution < -0.4 is 5.32 Å². The summed E-state index contributed by atoms with van der Waals surface area (Å²) in [6.45, 7) is 6.14. The third-order valence-corrected chi connectivity index (χ3v) is 4.92. The second-order valence-corrected chi connectivity index (χ2v) is 6.18. The van der Waals surface area contributed by atoms with Gasteiger partial charge in [0, 0.05) is 27.1 Å². The zero-order valence-electron chi connectivity index (χ0n) is 12.6. The van der Waals surface area contributed by atoms with E-state index in [4.69, 9.17) is 0 Å². The van der Waals surface area contributed by atoms with Gasteiger partial charge in [-0.2, -0.15) is 0 Å². The van der Waals surface area contributed by atoms with Gasteiger partial charge >= 0.3 is 0 Å². The molecule has 2 rings (SSSR count). The van der Waals surface area contributed by atoms with E-state index >= 15 is 0 Å². The lowest BCUT2D eigenvalue weighted by molar-refractivity contribution is -0.385. The molecule has 1 aromatic heterocycles. The monoisotopic (exact) mass is 304 g/mol. The molecule has 5 heteroatoms. The molecule has 4 nitrogen and oxygen atoms in total. The van der Waals surface area contributed by atoms with Gasteiger partial charge in [-0.1, -0.05) is 19.9 Å². The molecule has 2 aromatic rings. The quantitative estimate of drug-likeness (QED) is 0.606. The molecule has 1 atom stereocenters. The first kappa shape index (κ1) is 15.5. The minimum atomic E-state index is -0.311. The molecule has 1 N–H and O–H groups in total. The van der Waals surface area contributed by atoms with Crippen LogP contribution in [0.2, 0.25) is 0 Å². The zero-order valence-corrected chi connectivity index (χ0v) is 13.4. The summed E-state index contributed by atoms with van der Waals surface area (Å²) in [4.78, 5) is 13.4. The van der Waals surface area contributed by atoms with Crippen molar-refractivity contribution in [1.29, 1.82) is 0 Å². The normalized spacial score (nSPS) is 12.1. The van der Waals surface area contributed by atoms with Crippen LogP contribution in [0.4, 0.5) is 11.4 Å². The number of nitro groups is 1. The van der Waals surface area contributed by atoms with Crippen molar-refractivity contribution in [2.24, 2.45) is 0 Å². The first-order valence-corrected chi connectivity index (χ1v) is 7.99. The molecule has 1 heterocycles. The predicted molar refractivity (Wildman–Crippen MR) is 88.2 cm³/mol. The molecule has 0 aliphatic rings. The molecule has 0 bridgehead atoms. The van der Waals surface area contributed by atoms with Gasteiger partial charge in [0.05, 0.1) is 11.0 Å². The van der Waals surface area contributed by atoms with Gasteiger partial charge in [-0.15, -0.1) is 11.3 Å². The van der Waals surface area contributed by atoms with Gasteiger partial charge in [0.1, 0.15) is 0 Å². The highest BCUT2D eigenvalue weighted by Gasteiger charge is 2.15. The van der Waals surface area contributed by atoms with Crippen LogP contribution in [0.25, 0.3) is 0 Å². The average molecular weight is 304 g/mol. The summed E-state index contributed by atoms with van der Waals surface area (Å²) < 4.78 is 0. The number of anilines is 1. The Balaban J connectivity index is 2.19. The fraction of sp³-hybridized carbons (Fsp3) is 0.375. The first-order chi connectivity index (χ1) is 10.0. The number of hydrogen-bond acceptors (Lipinski definition) is 4. The van der Waals surface area contributed by atoms with Crippen LogP contribution in [-0.2, 0) is 12.8 Å². The standard InChI is InChI=1S/C16H20N2O2S/c1-4-12-6-7-13(10-15(12)18(19)20)17-11(3)16-9-8-14(5-2)21-16/h6-11,17H,4-5H2,1-3H3. The maximum absolute atomic E-state index is 11.1. The summed E-state index contributed by atoms with van der Waals surface area (Å²) in [5.41, 5.74) is 1.75. The Kier molecular flexibility index (Phi) is 4.96. The summed E-state index contributed by atoms with van der Waals surface area (Å²) in [7, 11) is 0. The SMILES string of the molecule is CCc1ccc(C(C)Nc2ccc(CC)c([N+](=O)[O-])c2)s1. The molecule has 0 saturated heterocycles. The lowest BCUT2D eigenvalue weighted by Crippen LogP contribution is -2.05. The van der Waals surface area contributed by atoms with Crippen molar-refractivity contribution in [2.45, 2.75) is 39.7 Å². The molecule has 1 unspecified atom stereocenters. The zero-order chi connectivity index (χ0) is 15.4. The third kappa shape index (κ3) is 3.61. The van der Waals surface area contributed by atoms with Crippen molar-refractivity contribution in [3.8, 4) is 0 Å². The molecule has 0 aliphatic heterocycles. The minimum absolute atomic E-state index is 0.141. The molecule has 0 fully saturated rings. The number of benzene rings is 1. The minimum Gasteiger partial charge on any atom is -0.378 e. The molecular weight excluding hydrogens is 284 g/mol. The van der Waals surface area contributed by atoms with Crippen LogP contribution in [-0.4, -0.2) is 4.92 Å². The maximum Gasteiger partial charge on any atom is 0.274 e. The van der Waals surface area contributed by atoms with Crippen molar-refractivity contribution >= 4 is 22.7 Å². The topological polar surface area (TPSA) is 55.2 Å². The number of thiophene rings is 1. The van der Waals surface area contributed by atoms with Crippen LogP contribution in [0.15, 0.2) is 30.3 Å². The van der Waals surface area contributed by atoms with Crippen LogP contribution in [0.3, 0.4) is 0 Å². The van der Waals surface area contributed by atoms with Crippen molar-refractivity contribution in [2.75, 3.05) is 5.32 Å². The van der Waals surface area contributed by atoms with Gasteiger partial charge in [0.2, 0.25) is 0 Å². The second kappa shape index (κ2) is 6.72. The van der Waals surface area contributed by atoms with E-state index in [9.17, 15) is 10.1 Å². The summed E-state index contributed by atoms with van der Waals surface area (Å²) in [6, 6.07) is 9.78. The highest BCUT2D eigenvalue weighted by Crippen LogP contribution is 2.29. The van der Waals surface area contributed by atoms with Crippen molar-refractivity contribution in [3.63, 3.8) is 0 Å². The molecule has 0 radical (unpaired) electrons. The summed E-state index contributed by atoms with van der Waals surface area (Å²) in [5, 5.41) is 14.5. The maximum atomic E-state index is 11.1. The Hall–Kier alpha value is -1.88. The molecular formula is C16H20N2O2S. The Labute approximate surface area is 129 Å². The van der Waals surface area contributed by atoms with Gasteiger partial charge in [-0.05, 0) is 38.0 Å². The van der Waals surface area contributed by atoms with Crippen molar-refractivity contribution < 1.29 is 4.92 Å². The fourth-order valence-corrected chi connectivity index (χ4v) is 3.22. The highest BCUT2D eigenvalue weighted by atomic mass is 32.1. The van der Waals surface area contributed by atoms with E-state index in [0.29, 0.717) is 6.42 Å². The van der Waals surface area contributed by atoms with Gasteiger partial charge in [0.25, 0.3) is 5.69 Å². The Morgan fingerprint density at radius 2 is 2.00 bits per heavy atom. The number of hydrogen-bond donors (Lipinski definition) is 1. The van der Waals surface area contributed by atoms with E-state index in [2.05, 4.69) is 31.3 Å². The van der Waals surface area contributed by atoms with Gasteiger partial charge in [-0.3, -0.25) is 10.1 Å². The van der Waals surface area contributed by atoms with Crippen LogP contribution in [0.5, 0.6) is 0 Å². The summed E-state index contributed by atoms with van der Waals surface area (Å²) in [6.07, 6.45) is 1.70. The van der Waals surface area contributed by atoms with E-state index in [-0.39, 0.29) is 16.7 Å². The van der Waals surface area contributed by atoms with Crippen molar-refractivity contribution in [3.05, 3.63) is 55.8 Å². The van der Waals surface area contributed by atoms with Crippen LogP contribution in [0.1, 0.15) is 42.1 Å². The number of nitro benzene ring substituents is 1. The summed E-state index contributed by atoms with van der Waals surface area (Å²) in [5.74, 6) is 0. The molecule has 0 spiro atoms. The largest absolute Gasteiger partial charge is 0.378 e. The van der Waals surface area contributed by atoms with Crippen LogP contribution in [0, 0.1) is 10.1 Å². The van der Waals surface area contributed by atoms with Gasteiger partial charge in [0.15, 0.2) is 0 Å². The van der Waals surface area contributed by atoms with Gasteiger partial charge < -0.3 is 5.32 Å². The first-order valence-electron chi connectivity index (χ1n) is 7.17. The Bertz CT molecular complexity index is 637. The Morgan fingerprint density at radius 3 is 2.57 bits per heavy atom. The lowest BCUT2D eigenvalue weighted by Gasteiger charge is -2.14. The van der Waals surface area contributed by atoms with Gasteiger partial charge in [-0.25, -0.2) is 0 Å². The van der Waals surface area contributed by atoms with E-state index < -0.39 is 0 Å². The fourth-order valence-electron chi connectivity index (χ4n) is 2.26. The molecule has 112 valence electrons. The van der Waals surface area contributed by atoms with E-state index in [1.165, 1.54) is 9.75 Å². The molecule has 0 aliphatic carbocycles. The lowest BCUT2D eigenvalue weighted by atomic mass is 10.1. The smallest absolute Gasteiger partial charge is 0.274 e. The van der Waals surface area contributed by atoms with Crippen molar-refractivity contribution in [1.82, 2.24) is 0 Å². The van der Waals surface area contributed by atoms with Crippen LogP contribution >= 0.6 is 11.3 Å². The van der Waals surface area contributed by atoms with E-state index in [1.54, 1.807) is 17.4 Å². The average Bonchev–Trinajstić information content (AvgIpc) is 2.96. The third-order valence-electron chi connectivity index (χ3n) is 3.50. The molecule has 21 heavy (non-hydrogen) atoms. The second-order valence-electron chi connectivity index (χ2n) is 4.98. The number of aryl methyl sites for hydroxylation is 2. The summed E-state index contributed by atoms with van der Waals surface area (Å²) >= 11 is 1.78. The molecule has 0 saturated carbocycles. The number of nitrogens with zero attached hydrogens (tertiary/aromatic N) is 1. The highest BCUT2D eigenvalue weighted by molar-refractivity contribution is 7.12. The Morgan fingerprint density at radius 1 is 1.24 bits per heavy atom. The molecule has 1 aromatic carbocycles.